The second-order valence-corrected chi connectivity index (χ2v) is 8.05. The molecule has 4 N–H and O–H groups in total. The predicted octanol–water partition coefficient (Wildman–Crippen LogP) is -0.946. The van der Waals surface area contributed by atoms with Crippen LogP contribution >= 0.6 is 0 Å². The minimum atomic E-state index is -1.94. The molecule has 124 valence electrons. The van der Waals surface area contributed by atoms with Crippen LogP contribution in [0, 0.1) is 10.8 Å². The van der Waals surface area contributed by atoms with Gasteiger partial charge in [-0.25, -0.2) is 4.79 Å². The molecule has 7 atom stereocenters. The lowest BCUT2D eigenvalue weighted by Crippen LogP contribution is -2.72. The highest BCUT2D eigenvalue weighted by atomic mass is 16.7. The minimum absolute atomic E-state index is 0.184. The fourth-order valence-electron chi connectivity index (χ4n) is 5.82. The number of fused-ring (bicyclic) bond motifs is 1. The summed E-state index contributed by atoms with van der Waals surface area (Å²) in [5.41, 5.74) is -6.86. The fraction of sp³-hybridized carbons (Fsp3) is 0.933. The van der Waals surface area contributed by atoms with Crippen LogP contribution in [-0.4, -0.2) is 61.7 Å². The number of ether oxygens (including phenoxy) is 2. The summed E-state index contributed by atoms with van der Waals surface area (Å²) in [6.07, 6.45) is -1.20. The number of esters is 1. The van der Waals surface area contributed by atoms with E-state index in [4.69, 9.17) is 9.47 Å². The second kappa shape index (κ2) is 3.37. The predicted molar refractivity (Wildman–Crippen MR) is 71.4 cm³/mol. The van der Waals surface area contributed by atoms with Crippen LogP contribution < -0.4 is 0 Å². The molecule has 0 aromatic rings. The molecule has 4 aliphatic rings. The van der Waals surface area contributed by atoms with Crippen molar-refractivity contribution in [1.29, 1.82) is 0 Å². The Morgan fingerprint density at radius 1 is 1.14 bits per heavy atom. The molecule has 3 saturated heterocycles. The van der Waals surface area contributed by atoms with Gasteiger partial charge in [0.05, 0.1) is 22.0 Å². The van der Waals surface area contributed by atoms with E-state index < -0.39 is 45.5 Å². The van der Waals surface area contributed by atoms with Gasteiger partial charge in [0.25, 0.3) is 0 Å². The molecule has 2 bridgehead atoms. The first kappa shape index (κ1) is 14.8. The zero-order chi connectivity index (χ0) is 16.4. The highest BCUT2D eigenvalue weighted by molar-refractivity contribution is 5.77. The first-order valence-corrected chi connectivity index (χ1v) is 7.63. The van der Waals surface area contributed by atoms with Crippen LogP contribution in [0.1, 0.15) is 40.0 Å². The van der Waals surface area contributed by atoms with Gasteiger partial charge in [0, 0.05) is 6.42 Å². The summed E-state index contributed by atoms with van der Waals surface area (Å²) in [7, 11) is 0. The largest absolute Gasteiger partial charge is 0.463 e. The quantitative estimate of drug-likeness (QED) is 0.426. The first-order valence-electron chi connectivity index (χ1n) is 7.63. The molecule has 0 radical (unpaired) electrons. The standard InChI is InChI=1S/C15H22O7/c1-10-7-21-9(17)8(16)13-6-15(20,12(10,3)19)22-14(10,13)5-4-11(13,2)18/h8,16,18-20H,4-7H2,1-3H3/t8-,10-,11-,12+,13+,14-,15-/m0/s1. The molecule has 0 aromatic carbocycles. The maximum Gasteiger partial charge on any atom is 0.335 e. The van der Waals surface area contributed by atoms with Crippen LogP contribution in [0.4, 0.5) is 0 Å². The molecule has 7 heteroatoms. The maximum absolute atomic E-state index is 12.2. The number of aliphatic hydroxyl groups is 4. The van der Waals surface area contributed by atoms with Crippen LogP contribution in [0.15, 0.2) is 0 Å². The van der Waals surface area contributed by atoms with Crippen molar-refractivity contribution in [2.24, 2.45) is 10.8 Å². The van der Waals surface area contributed by atoms with Crippen molar-refractivity contribution in [1.82, 2.24) is 0 Å². The van der Waals surface area contributed by atoms with Crippen molar-refractivity contribution in [3.63, 3.8) is 0 Å². The maximum atomic E-state index is 12.2. The van der Waals surface area contributed by atoms with E-state index >= 15 is 0 Å². The Morgan fingerprint density at radius 3 is 2.41 bits per heavy atom. The molecule has 1 aliphatic carbocycles. The lowest BCUT2D eigenvalue weighted by molar-refractivity contribution is -0.261. The molecule has 0 unspecified atom stereocenters. The molecule has 0 aromatic heterocycles. The number of hydrogen-bond donors (Lipinski definition) is 4. The van der Waals surface area contributed by atoms with Crippen molar-refractivity contribution < 1.29 is 34.7 Å². The number of aliphatic hydroxyl groups excluding tert-OH is 1. The molecular formula is C15H22O7. The molecule has 0 amide bonds. The summed E-state index contributed by atoms with van der Waals surface area (Å²) < 4.78 is 11.1. The molecule has 4 fully saturated rings. The number of cyclic esters (lactones) is 1. The first-order chi connectivity index (χ1) is 9.91. The van der Waals surface area contributed by atoms with Crippen LogP contribution in [0.2, 0.25) is 0 Å². The topological polar surface area (TPSA) is 116 Å². The summed E-state index contributed by atoms with van der Waals surface area (Å²) in [5.74, 6) is -2.79. The summed E-state index contributed by atoms with van der Waals surface area (Å²) >= 11 is 0. The molecule has 1 saturated carbocycles. The zero-order valence-corrected chi connectivity index (χ0v) is 12.9. The molecular weight excluding hydrogens is 292 g/mol. The van der Waals surface area contributed by atoms with Crippen molar-refractivity contribution in [2.75, 3.05) is 6.61 Å². The van der Waals surface area contributed by atoms with Crippen molar-refractivity contribution >= 4 is 5.97 Å². The smallest absolute Gasteiger partial charge is 0.335 e. The second-order valence-electron chi connectivity index (χ2n) is 8.05. The Kier molecular flexibility index (Phi) is 2.27. The van der Waals surface area contributed by atoms with Gasteiger partial charge in [-0.1, -0.05) is 6.92 Å². The van der Waals surface area contributed by atoms with Crippen LogP contribution in [0.5, 0.6) is 0 Å². The lowest BCUT2D eigenvalue weighted by Gasteiger charge is -2.56. The van der Waals surface area contributed by atoms with E-state index in [0.29, 0.717) is 12.8 Å². The third-order valence-corrected chi connectivity index (χ3v) is 7.43. The molecule has 1 spiro atoms. The van der Waals surface area contributed by atoms with Crippen LogP contribution in [0.3, 0.4) is 0 Å². The molecule has 4 rings (SSSR count). The third kappa shape index (κ3) is 1.02. The number of carbonyl (C=O) groups excluding carboxylic acids is 1. The van der Waals surface area contributed by atoms with E-state index in [9.17, 15) is 25.2 Å². The third-order valence-electron chi connectivity index (χ3n) is 7.43. The summed E-state index contributed by atoms with van der Waals surface area (Å²) in [6.45, 7) is 4.51. The Bertz CT molecular complexity index is 586. The van der Waals surface area contributed by atoms with Gasteiger partial charge in [-0.2, -0.15) is 0 Å². The van der Waals surface area contributed by atoms with Gasteiger partial charge in [0.15, 0.2) is 11.9 Å². The van der Waals surface area contributed by atoms with Crippen LogP contribution in [0.25, 0.3) is 0 Å². The summed E-state index contributed by atoms with van der Waals surface area (Å²) in [5, 5.41) is 43.5. The van der Waals surface area contributed by atoms with Crippen molar-refractivity contribution in [3.8, 4) is 0 Å². The highest BCUT2D eigenvalue weighted by Gasteiger charge is 2.93. The molecule has 7 nitrogen and oxygen atoms in total. The molecule has 3 aliphatic heterocycles. The van der Waals surface area contributed by atoms with Gasteiger partial charge >= 0.3 is 5.97 Å². The van der Waals surface area contributed by atoms with E-state index in [0.717, 1.165) is 0 Å². The average Bonchev–Trinajstić information content (AvgIpc) is 2.86. The number of hydrogen-bond acceptors (Lipinski definition) is 7. The Labute approximate surface area is 127 Å². The Balaban J connectivity index is 2.08. The number of rotatable bonds is 0. The lowest BCUT2D eigenvalue weighted by atomic mass is 9.46. The van der Waals surface area contributed by atoms with Gasteiger partial charge in [-0.15, -0.1) is 0 Å². The van der Waals surface area contributed by atoms with E-state index in [1.54, 1.807) is 13.8 Å². The average molecular weight is 314 g/mol. The van der Waals surface area contributed by atoms with Gasteiger partial charge in [-0.05, 0) is 26.7 Å². The Morgan fingerprint density at radius 2 is 1.77 bits per heavy atom. The van der Waals surface area contributed by atoms with Crippen LogP contribution in [-0.2, 0) is 14.3 Å². The van der Waals surface area contributed by atoms with Crippen molar-refractivity contribution in [2.45, 2.75) is 68.7 Å². The van der Waals surface area contributed by atoms with Gasteiger partial charge < -0.3 is 29.9 Å². The van der Waals surface area contributed by atoms with Crippen molar-refractivity contribution in [3.05, 3.63) is 0 Å². The van der Waals surface area contributed by atoms with E-state index in [1.165, 1.54) is 6.92 Å². The monoisotopic (exact) mass is 314 g/mol. The Hall–Kier alpha value is -0.730. The van der Waals surface area contributed by atoms with E-state index in [1.807, 2.05) is 0 Å². The molecule has 3 heterocycles. The number of carbonyl (C=O) groups is 1. The summed E-state index contributed by atoms with van der Waals surface area (Å²) in [4.78, 5) is 12.2. The normalized spacial score (nSPS) is 66.1. The zero-order valence-electron chi connectivity index (χ0n) is 12.9. The van der Waals surface area contributed by atoms with E-state index in [2.05, 4.69) is 0 Å². The minimum Gasteiger partial charge on any atom is -0.463 e. The molecule has 22 heavy (non-hydrogen) atoms. The SMILES string of the molecule is C[C@@]1(O)[C@]2(C)COC(=O)[C@H](O)[C@@]34C[C@]1(O)O[C@@]23CC[C@]4(C)O. The summed E-state index contributed by atoms with van der Waals surface area (Å²) in [6, 6.07) is 0. The fourth-order valence-corrected chi connectivity index (χ4v) is 5.82. The van der Waals surface area contributed by atoms with Gasteiger partial charge in [0.1, 0.15) is 12.2 Å². The van der Waals surface area contributed by atoms with Gasteiger partial charge in [0.2, 0.25) is 0 Å². The van der Waals surface area contributed by atoms with Gasteiger partial charge in [-0.3, -0.25) is 0 Å². The highest BCUT2D eigenvalue weighted by Crippen LogP contribution is 2.79. The van der Waals surface area contributed by atoms with E-state index in [-0.39, 0.29) is 13.0 Å².